The minimum Gasteiger partial charge on any atom is -0.381 e. The summed E-state index contributed by atoms with van der Waals surface area (Å²) in [7, 11) is 1.93. The van der Waals surface area contributed by atoms with Gasteiger partial charge in [-0.1, -0.05) is 54.5 Å². The Labute approximate surface area is 127 Å². The third-order valence-corrected chi connectivity index (χ3v) is 7.38. The van der Waals surface area contributed by atoms with Crippen LogP contribution in [0.2, 0.25) is 0 Å². The van der Waals surface area contributed by atoms with Crippen LogP contribution in [0, 0.1) is 23.7 Å². The highest BCUT2D eigenvalue weighted by atomic mass is 79.9. The smallest absolute Gasteiger partial charge is 0.0602 e. The summed E-state index contributed by atoms with van der Waals surface area (Å²) in [5.74, 6) is 3.73. The lowest BCUT2D eigenvalue weighted by Crippen LogP contribution is -2.38. The molecule has 0 saturated heterocycles. The van der Waals surface area contributed by atoms with Gasteiger partial charge >= 0.3 is 0 Å². The maximum atomic E-state index is 5.84. The second-order valence-electron chi connectivity index (χ2n) is 7.32. The standard InChI is InChI=1S/C17H29BrO/c1-19-17-11-14-8-6-12-2-4-13(5-3-12)7-9-15(17)10-16(14)18/h12-17H,2-11H2,1H3/t12?,13?,14?,15-,16+,17+/m1/s1. The maximum absolute atomic E-state index is 5.84. The topological polar surface area (TPSA) is 9.23 Å². The fourth-order valence-electron chi connectivity index (χ4n) is 4.87. The molecule has 6 fully saturated rings. The maximum Gasteiger partial charge on any atom is 0.0602 e. The Morgan fingerprint density at radius 2 is 1.26 bits per heavy atom. The van der Waals surface area contributed by atoms with E-state index in [9.17, 15) is 0 Å². The van der Waals surface area contributed by atoms with E-state index in [4.69, 9.17) is 4.74 Å². The molecule has 1 nitrogen and oxygen atoms in total. The Morgan fingerprint density at radius 3 is 1.84 bits per heavy atom. The van der Waals surface area contributed by atoms with Crippen LogP contribution in [-0.4, -0.2) is 18.0 Å². The molecule has 0 amide bonds. The van der Waals surface area contributed by atoms with Crippen LogP contribution in [0.4, 0.5) is 0 Å². The minimum absolute atomic E-state index is 0.539. The molecule has 0 aromatic rings. The van der Waals surface area contributed by atoms with Crippen molar-refractivity contribution in [2.24, 2.45) is 23.7 Å². The first-order valence-corrected chi connectivity index (χ1v) is 9.34. The largest absolute Gasteiger partial charge is 0.381 e. The van der Waals surface area contributed by atoms with E-state index in [1.165, 1.54) is 64.2 Å². The van der Waals surface area contributed by atoms with E-state index in [-0.39, 0.29) is 0 Å². The molecule has 0 aromatic carbocycles. The van der Waals surface area contributed by atoms with Crippen LogP contribution < -0.4 is 0 Å². The Bertz CT molecular complexity index is 285. The van der Waals surface area contributed by atoms with Gasteiger partial charge < -0.3 is 4.74 Å². The van der Waals surface area contributed by atoms with Crippen molar-refractivity contribution in [2.45, 2.75) is 75.1 Å². The molecular formula is C17H29BrO. The first kappa shape index (κ1) is 14.4. The molecule has 6 aliphatic carbocycles. The highest BCUT2D eigenvalue weighted by Gasteiger charge is 2.37. The van der Waals surface area contributed by atoms with Crippen LogP contribution in [0.5, 0.6) is 0 Å². The molecule has 0 aliphatic heterocycles. The molecule has 6 rings (SSSR count). The number of halogens is 1. The third-order valence-electron chi connectivity index (χ3n) is 6.26. The van der Waals surface area contributed by atoms with E-state index in [1.54, 1.807) is 0 Å². The van der Waals surface area contributed by atoms with E-state index >= 15 is 0 Å². The van der Waals surface area contributed by atoms with Crippen molar-refractivity contribution >= 4 is 15.9 Å². The average Bonchev–Trinajstić information content (AvgIpc) is 2.43. The molecule has 4 atom stereocenters. The normalized spacial score (nSPS) is 47.7. The van der Waals surface area contributed by atoms with Crippen LogP contribution in [-0.2, 0) is 4.74 Å². The van der Waals surface area contributed by atoms with E-state index in [1.807, 2.05) is 7.11 Å². The number of hydrogen-bond acceptors (Lipinski definition) is 1. The average molecular weight is 329 g/mol. The van der Waals surface area contributed by atoms with Gasteiger partial charge in [0, 0.05) is 11.9 Å². The monoisotopic (exact) mass is 328 g/mol. The second-order valence-corrected chi connectivity index (χ2v) is 8.50. The quantitative estimate of drug-likeness (QED) is 0.603. The molecule has 0 heterocycles. The lowest BCUT2D eigenvalue weighted by molar-refractivity contribution is -0.00314. The molecule has 19 heavy (non-hydrogen) atoms. The fourth-order valence-corrected chi connectivity index (χ4v) is 5.83. The molecule has 6 aliphatic rings. The van der Waals surface area contributed by atoms with Gasteiger partial charge in [0.25, 0.3) is 0 Å². The Morgan fingerprint density at radius 1 is 0.737 bits per heavy atom. The molecule has 4 bridgehead atoms. The zero-order chi connectivity index (χ0) is 13.2. The summed E-state index contributed by atoms with van der Waals surface area (Å²) in [6.07, 6.45) is 15.0. The van der Waals surface area contributed by atoms with Gasteiger partial charge in [-0.3, -0.25) is 0 Å². The molecule has 6 saturated carbocycles. The van der Waals surface area contributed by atoms with Crippen LogP contribution in [0.25, 0.3) is 0 Å². The van der Waals surface area contributed by atoms with Crippen molar-refractivity contribution in [1.29, 1.82) is 0 Å². The zero-order valence-electron chi connectivity index (χ0n) is 12.3. The summed E-state index contributed by atoms with van der Waals surface area (Å²) >= 11 is 3.99. The van der Waals surface area contributed by atoms with Crippen molar-refractivity contribution in [3.8, 4) is 0 Å². The van der Waals surface area contributed by atoms with E-state index in [0.29, 0.717) is 6.10 Å². The summed E-state index contributed by atoms with van der Waals surface area (Å²) in [5.41, 5.74) is 0. The van der Waals surface area contributed by atoms with Gasteiger partial charge in [0.15, 0.2) is 0 Å². The van der Waals surface area contributed by atoms with Gasteiger partial charge in [-0.2, -0.15) is 0 Å². The Balaban J connectivity index is 1.72. The highest BCUT2D eigenvalue weighted by molar-refractivity contribution is 9.09. The van der Waals surface area contributed by atoms with Crippen LogP contribution >= 0.6 is 15.9 Å². The van der Waals surface area contributed by atoms with Crippen molar-refractivity contribution in [3.63, 3.8) is 0 Å². The van der Waals surface area contributed by atoms with E-state index in [0.717, 1.165) is 28.5 Å². The summed E-state index contributed by atoms with van der Waals surface area (Å²) in [4.78, 5) is 0.752. The van der Waals surface area contributed by atoms with Gasteiger partial charge in [-0.15, -0.1) is 0 Å². The molecular weight excluding hydrogens is 300 g/mol. The van der Waals surface area contributed by atoms with Crippen molar-refractivity contribution < 1.29 is 4.74 Å². The van der Waals surface area contributed by atoms with Gasteiger partial charge in [0.2, 0.25) is 0 Å². The van der Waals surface area contributed by atoms with Crippen molar-refractivity contribution in [3.05, 3.63) is 0 Å². The number of rotatable bonds is 1. The Kier molecular flexibility index (Phi) is 4.90. The van der Waals surface area contributed by atoms with Gasteiger partial charge in [0.05, 0.1) is 6.10 Å². The molecule has 1 unspecified atom stereocenters. The van der Waals surface area contributed by atoms with E-state index < -0.39 is 0 Å². The first-order valence-electron chi connectivity index (χ1n) is 8.43. The Hall–Kier alpha value is 0.440. The van der Waals surface area contributed by atoms with Gasteiger partial charge in [-0.05, 0) is 49.4 Å². The van der Waals surface area contributed by atoms with Gasteiger partial charge in [-0.25, -0.2) is 0 Å². The van der Waals surface area contributed by atoms with Crippen molar-refractivity contribution in [2.75, 3.05) is 7.11 Å². The number of hydrogen-bond donors (Lipinski definition) is 0. The lowest BCUT2D eigenvalue weighted by Gasteiger charge is -2.41. The van der Waals surface area contributed by atoms with E-state index in [2.05, 4.69) is 15.9 Å². The van der Waals surface area contributed by atoms with Crippen LogP contribution in [0.15, 0.2) is 0 Å². The SMILES string of the molecule is CO[C@H]1CC2CCC3CCC(CC3)CC[C@@H]1C[C@@H]2Br. The summed E-state index contributed by atoms with van der Waals surface area (Å²) < 4.78 is 5.84. The zero-order valence-corrected chi connectivity index (χ0v) is 13.9. The number of ether oxygens (including phenoxy) is 1. The number of alkyl halides is 1. The molecule has 0 radical (unpaired) electrons. The number of methoxy groups -OCH3 is 1. The highest BCUT2D eigenvalue weighted by Crippen LogP contribution is 2.44. The van der Waals surface area contributed by atoms with Crippen LogP contribution in [0.3, 0.4) is 0 Å². The fraction of sp³-hybridized carbons (Fsp3) is 1.00. The second kappa shape index (κ2) is 6.47. The molecule has 110 valence electrons. The molecule has 0 N–H and O–H groups in total. The van der Waals surface area contributed by atoms with Gasteiger partial charge in [0.1, 0.15) is 0 Å². The van der Waals surface area contributed by atoms with Crippen molar-refractivity contribution in [1.82, 2.24) is 0 Å². The minimum atomic E-state index is 0.539. The lowest BCUT2D eigenvalue weighted by atomic mass is 9.70. The molecule has 0 aromatic heterocycles. The summed E-state index contributed by atoms with van der Waals surface area (Å²) in [5, 5.41) is 0. The third kappa shape index (κ3) is 3.37. The predicted molar refractivity (Wildman–Crippen MR) is 83.6 cm³/mol. The molecule has 0 spiro atoms. The molecule has 2 heteroatoms. The summed E-state index contributed by atoms with van der Waals surface area (Å²) in [6.45, 7) is 0. The summed E-state index contributed by atoms with van der Waals surface area (Å²) in [6, 6.07) is 0. The van der Waals surface area contributed by atoms with Crippen LogP contribution in [0.1, 0.15) is 64.2 Å². The first-order chi connectivity index (χ1) is 9.26. The predicted octanol–water partition coefficient (Wildman–Crippen LogP) is 5.17.